The van der Waals surface area contributed by atoms with Crippen molar-refractivity contribution >= 4 is 39.8 Å². The normalized spacial score (nSPS) is 13.0. The van der Waals surface area contributed by atoms with E-state index in [1.54, 1.807) is 38.1 Å². The SMILES string of the molecule is CCOC(=O)c1c(NC(=O)C2CC2)sc(C(=O)Nc2ccccc2OC)c1C. The summed E-state index contributed by atoms with van der Waals surface area (Å²) in [5.41, 5.74) is 1.22. The van der Waals surface area contributed by atoms with Gasteiger partial charge in [0.1, 0.15) is 10.8 Å². The van der Waals surface area contributed by atoms with Crippen LogP contribution in [-0.2, 0) is 9.53 Å². The maximum atomic E-state index is 12.9. The molecule has 0 aliphatic heterocycles. The van der Waals surface area contributed by atoms with Crippen LogP contribution in [0.3, 0.4) is 0 Å². The summed E-state index contributed by atoms with van der Waals surface area (Å²) in [7, 11) is 1.52. The second-order valence-electron chi connectivity index (χ2n) is 6.40. The zero-order valence-electron chi connectivity index (χ0n) is 16.0. The van der Waals surface area contributed by atoms with E-state index in [0.29, 0.717) is 26.9 Å². The number of esters is 1. The van der Waals surface area contributed by atoms with Gasteiger partial charge >= 0.3 is 5.97 Å². The van der Waals surface area contributed by atoms with Gasteiger partial charge in [-0.1, -0.05) is 12.1 Å². The highest BCUT2D eigenvalue weighted by Gasteiger charge is 2.33. The number of nitrogens with one attached hydrogen (secondary N) is 2. The molecule has 1 saturated carbocycles. The van der Waals surface area contributed by atoms with Gasteiger partial charge in [0.15, 0.2) is 0 Å². The van der Waals surface area contributed by atoms with Crippen molar-refractivity contribution < 1.29 is 23.9 Å². The van der Waals surface area contributed by atoms with Crippen LogP contribution in [0.5, 0.6) is 5.75 Å². The van der Waals surface area contributed by atoms with E-state index in [0.717, 1.165) is 24.2 Å². The molecule has 1 aliphatic rings. The zero-order chi connectivity index (χ0) is 20.3. The van der Waals surface area contributed by atoms with Crippen LogP contribution in [0.25, 0.3) is 0 Å². The van der Waals surface area contributed by atoms with Crippen LogP contribution in [0.4, 0.5) is 10.7 Å². The molecule has 0 radical (unpaired) electrons. The van der Waals surface area contributed by atoms with Gasteiger partial charge in [0, 0.05) is 5.92 Å². The van der Waals surface area contributed by atoms with Crippen molar-refractivity contribution in [3.8, 4) is 5.75 Å². The third-order valence-electron chi connectivity index (χ3n) is 4.37. The van der Waals surface area contributed by atoms with Crippen LogP contribution in [0, 0.1) is 12.8 Å². The van der Waals surface area contributed by atoms with Crippen LogP contribution in [0.2, 0.25) is 0 Å². The van der Waals surface area contributed by atoms with Crippen molar-refractivity contribution in [2.45, 2.75) is 26.7 Å². The Labute approximate surface area is 167 Å². The van der Waals surface area contributed by atoms with Gasteiger partial charge in [-0.25, -0.2) is 4.79 Å². The fourth-order valence-corrected chi connectivity index (χ4v) is 3.85. The monoisotopic (exact) mass is 402 g/mol. The molecule has 8 heteroatoms. The number of carbonyl (C=O) groups excluding carboxylic acids is 3. The van der Waals surface area contributed by atoms with E-state index >= 15 is 0 Å². The van der Waals surface area contributed by atoms with Crippen molar-refractivity contribution in [1.29, 1.82) is 0 Å². The molecule has 0 unspecified atom stereocenters. The van der Waals surface area contributed by atoms with Gasteiger partial charge in [-0.2, -0.15) is 0 Å². The number of rotatable bonds is 7. The number of hydrogen-bond acceptors (Lipinski definition) is 6. The molecule has 1 heterocycles. The summed E-state index contributed by atoms with van der Waals surface area (Å²) in [4.78, 5) is 37.8. The highest BCUT2D eigenvalue weighted by atomic mass is 32.1. The van der Waals surface area contributed by atoms with Gasteiger partial charge in [-0.05, 0) is 44.4 Å². The summed E-state index contributed by atoms with van der Waals surface area (Å²) in [6, 6.07) is 7.05. The summed E-state index contributed by atoms with van der Waals surface area (Å²) in [5.74, 6) is -0.576. The summed E-state index contributed by atoms with van der Waals surface area (Å²) in [6.45, 7) is 3.58. The first kappa shape index (κ1) is 19.9. The van der Waals surface area contributed by atoms with Crippen LogP contribution >= 0.6 is 11.3 Å². The molecule has 0 atom stereocenters. The van der Waals surface area contributed by atoms with Crippen molar-refractivity contribution in [3.05, 3.63) is 40.3 Å². The molecule has 2 aromatic rings. The molecular formula is C20H22N2O5S. The minimum atomic E-state index is -0.557. The Morgan fingerprint density at radius 3 is 2.54 bits per heavy atom. The lowest BCUT2D eigenvalue weighted by Gasteiger charge is -2.09. The van der Waals surface area contributed by atoms with Gasteiger partial charge in [-0.3, -0.25) is 9.59 Å². The Hall–Kier alpha value is -2.87. The molecule has 7 nitrogen and oxygen atoms in total. The van der Waals surface area contributed by atoms with Crippen LogP contribution in [0.15, 0.2) is 24.3 Å². The van der Waals surface area contributed by atoms with E-state index in [2.05, 4.69) is 10.6 Å². The molecule has 0 spiro atoms. The average molecular weight is 402 g/mol. The molecule has 2 N–H and O–H groups in total. The quantitative estimate of drug-likeness (QED) is 0.686. The number of anilines is 2. The highest BCUT2D eigenvalue weighted by Crippen LogP contribution is 2.37. The number of thiophene rings is 1. The molecule has 2 amide bonds. The lowest BCUT2D eigenvalue weighted by Crippen LogP contribution is -2.16. The predicted molar refractivity (Wildman–Crippen MR) is 107 cm³/mol. The molecule has 0 saturated heterocycles. The Morgan fingerprint density at radius 2 is 1.89 bits per heavy atom. The largest absolute Gasteiger partial charge is 0.495 e. The minimum absolute atomic E-state index is 0.0247. The van der Waals surface area contributed by atoms with Crippen molar-refractivity contribution in [2.24, 2.45) is 5.92 Å². The van der Waals surface area contributed by atoms with E-state index < -0.39 is 5.97 Å². The lowest BCUT2D eigenvalue weighted by molar-refractivity contribution is -0.117. The summed E-state index contributed by atoms with van der Waals surface area (Å²) < 4.78 is 10.4. The van der Waals surface area contributed by atoms with E-state index in [-0.39, 0.29) is 29.9 Å². The van der Waals surface area contributed by atoms with Crippen LogP contribution in [-0.4, -0.2) is 31.5 Å². The Kier molecular flexibility index (Phi) is 5.99. The molecule has 0 bridgehead atoms. The molecule has 3 rings (SSSR count). The average Bonchev–Trinajstić information content (AvgIpc) is 3.47. The topological polar surface area (TPSA) is 93.7 Å². The number of hydrogen-bond donors (Lipinski definition) is 2. The lowest BCUT2D eigenvalue weighted by atomic mass is 10.1. The number of ether oxygens (including phenoxy) is 2. The second kappa shape index (κ2) is 8.43. The van der Waals surface area contributed by atoms with Crippen molar-refractivity contribution in [3.63, 3.8) is 0 Å². The van der Waals surface area contributed by atoms with Crippen LogP contribution in [0.1, 0.15) is 45.4 Å². The molecular weight excluding hydrogens is 380 g/mol. The maximum absolute atomic E-state index is 12.9. The number of benzene rings is 1. The predicted octanol–water partition coefficient (Wildman–Crippen LogP) is 3.84. The summed E-state index contributed by atoms with van der Waals surface area (Å²) in [6.07, 6.45) is 1.68. The van der Waals surface area contributed by atoms with E-state index in [9.17, 15) is 14.4 Å². The van der Waals surface area contributed by atoms with Gasteiger partial charge in [0.05, 0.1) is 29.8 Å². The fourth-order valence-electron chi connectivity index (χ4n) is 2.75. The van der Waals surface area contributed by atoms with Crippen molar-refractivity contribution in [1.82, 2.24) is 0 Å². The Balaban J connectivity index is 1.92. The molecule has 28 heavy (non-hydrogen) atoms. The van der Waals surface area contributed by atoms with Crippen LogP contribution < -0.4 is 15.4 Å². The van der Waals surface area contributed by atoms with Gasteiger partial charge in [-0.15, -0.1) is 11.3 Å². The Morgan fingerprint density at radius 1 is 1.18 bits per heavy atom. The zero-order valence-corrected chi connectivity index (χ0v) is 16.8. The smallest absolute Gasteiger partial charge is 0.341 e. The van der Waals surface area contributed by atoms with Gasteiger partial charge in [0.25, 0.3) is 5.91 Å². The first-order chi connectivity index (χ1) is 13.5. The first-order valence-electron chi connectivity index (χ1n) is 9.02. The molecule has 1 aromatic heterocycles. The molecule has 1 fully saturated rings. The Bertz CT molecular complexity index is 917. The van der Waals surface area contributed by atoms with Gasteiger partial charge < -0.3 is 20.1 Å². The molecule has 1 aromatic carbocycles. The second-order valence-corrected chi connectivity index (χ2v) is 7.42. The first-order valence-corrected chi connectivity index (χ1v) is 9.83. The fraction of sp³-hybridized carbons (Fsp3) is 0.350. The summed E-state index contributed by atoms with van der Waals surface area (Å²) >= 11 is 1.07. The van der Waals surface area contributed by atoms with E-state index in [1.165, 1.54) is 7.11 Å². The van der Waals surface area contributed by atoms with Gasteiger partial charge in [0.2, 0.25) is 5.91 Å². The third-order valence-corrected chi connectivity index (χ3v) is 5.58. The number of methoxy groups -OCH3 is 1. The maximum Gasteiger partial charge on any atom is 0.341 e. The van der Waals surface area contributed by atoms with E-state index in [4.69, 9.17) is 9.47 Å². The molecule has 1 aliphatic carbocycles. The summed E-state index contributed by atoms with van der Waals surface area (Å²) in [5, 5.41) is 5.93. The number of amides is 2. The number of para-hydroxylation sites is 2. The third kappa shape index (κ3) is 4.17. The number of carbonyl (C=O) groups is 3. The van der Waals surface area contributed by atoms with Crippen molar-refractivity contribution in [2.75, 3.05) is 24.4 Å². The van der Waals surface area contributed by atoms with E-state index in [1.807, 2.05) is 0 Å². The highest BCUT2D eigenvalue weighted by molar-refractivity contribution is 7.19. The minimum Gasteiger partial charge on any atom is -0.495 e. The standard InChI is InChI=1S/C20H22N2O5S/c1-4-27-20(25)15-11(2)16(28-19(15)22-17(23)12-9-10-12)18(24)21-13-7-5-6-8-14(13)26-3/h5-8,12H,4,9-10H2,1-3H3,(H,21,24)(H,22,23). The molecule has 148 valence electrons.